The highest BCUT2D eigenvalue weighted by Gasteiger charge is 2.39. The molecular weight excluding hydrogens is 198 g/mol. The molecule has 2 heteroatoms. The average molecular weight is 217 g/mol. The summed E-state index contributed by atoms with van der Waals surface area (Å²) in [5, 5.41) is 9.49. The van der Waals surface area contributed by atoms with Crippen LogP contribution in [0.5, 0.6) is 0 Å². The van der Waals surface area contributed by atoms with E-state index in [4.69, 9.17) is 4.74 Å². The molecule has 2 nitrogen and oxygen atoms in total. The molecule has 0 aromatic carbocycles. The van der Waals surface area contributed by atoms with E-state index in [-0.39, 0.29) is 6.10 Å². The third-order valence-corrected chi connectivity index (χ3v) is 3.34. The Morgan fingerprint density at radius 1 is 1.38 bits per heavy atom. The molecule has 0 radical (unpaired) electrons. The first kappa shape index (κ1) is 11.4. The third kappa shape index (κ3) is 1.92. The Hall–Kier alpha value is -1.07. The van der Waals surface area contributed by atoms with Gasteiger partial charge >= 0.3 is 0 Å². The monoisotopic (exact) mass is 217 g/mol. The molecule has 2 aliphatic rings. The zero-order valence-electron chi connectivity index (χ0n) is 10.1. The number of hydrogen-bond acceptors (Lipinski definition) is 2. The van der Waals surface area contributed by atoms with Crippen molar-refractivity contribution in [2.45, 2.75) is 57.7 Å². The van der Waals surface area contributed by atoms with Crippen LogP contribution in [0, 0.1) is 11.3 Å². The molecule has 0 fully saturated rings. The normalized spacial score (nSPS) is 29.1. The molecule has 1 atom stereocenters. The molecule has 16 heavy (non-hydrogen) atoms. The minimum atomic E-state index is -0.668. The van der Waals surface area contributed by atoms with Crippen molar-refractivity contribution in [2.24, 2.45) is 0 Å². The lowest BCUT2D eigenvalue weighted by Gasteiger charge is -2.36. The Morgan fingerprint density at radius 3 is 2.81 bits per heavy atom. The quantitative estimate of drug-likeness (QED) is 0.709. The van der Waals surface area contributed by atoms with Crippen LogP contribution < -0.4 is 0 Å². The van der Waals surface area contributed by atoms with Gasteiger partial charge < -0.3 is 4.74 Å². The first-order valence-electron chi connectivity index (χ1n) is 6.16. The van der Waals surface area contributed by atoms with Gasteiger partial charge in [0.15, 0.2) is 5.60 Å². The Bertz CT molecular complexity index is 373. The van der Waals surface area contributed by atoms with E-state index in [2.05, 4.69) is 18.2 Å². The molecule has 0 heterocycles. The summed E-state index contributed by atoms with van der Waals surface area (Å²) in [6.45, 7) is 4.00. The molecule has 2 rings (SSSR count). The lowest BCUT2D eigenvalue weighted by atomic mass is 9.76. The largest absolute Gasteiger partial charge is 0.353 e. The number of nitrogens with zero attached hydrogens (tertiary/aromatic N) is 1. The maximum atomic E-state index is 9.49. The third-order valence-electron chi connectivity index (χ3n) is 3.34. The average Bonchev–Trinajstić information content (AvgIpc) is 2.29. The van der Waals surface area contributed by atoms with Crippen molar-refractivity contribution in [2.75, 3.05) is 0 Å². The van der Waals surface area contributed by atoms with E-state index in [0.717, 1.165) is 12.8 Å². The van der Waals surface area contributed by atoms with Gasteiger partial charge in [-0.05, 0) is 50.7 Å². The molecule has 2 aliphatic carbocycles. The van der Waals surface area contributed by atoms with Gasteiger partial charge in [-0.25, -0.2) is 0 Å². The number of allylic oxidation sites excluding steroid dienone is 2. The van der Waals surface area contributed by atoms with E-state index in [1.165, 1.54) is 24.0 Å². The van der Waals surface area contributed by atoms with E-state index in [9.17, 15) is 5.26 Å². The summed E-state index contributed by atoms with van der Waals surface area (Å²) >= 11 is 0. The summed E-state index contributed by atoms with van der Waals surface area (Å²) in [4.78, 5) is 0. The zero-order chi connectivity index (χ0) is 11.6. The first-order valence-corrected chi connectivity index (χ1v) is 6.16. The van der Waals surface area contributed by atoms with Crippen LogP contribution in [0.25, 0.3) is 0 Å². The molecule has 0 amide bonds. The molecule has 0 saturated heterocycles. The van der Waals surface area contributed by atoms with Crippen LogP contribution >= 0.6 is 0 Å². The molecule has 0 bridgehead atoms. The fraction of sp³-hybridized carbons (Fsp3) is 0.643. The Kier molecular flexibility index (Phi) is 3.16. The molecule has 86 valence electrons. The zero-order valence-corrected chi connectivity index (χ0v) is 10.1. The topological polar surface area (TPSA) is 33.0 Å². The maximum absolute atomic E-state index is 9.49. The summed E-state index contributed by atoms with van der Waals surface area (Å²) in [6.07, 6.45) is 9.66. The number of ether oxygens (including phenoxy) is 1. The van der Waals surface area contributed by atoms with Crippen LogP contribution in [0.2, 0.25) is 0 Å². The molecule has 0 N–H and O–H groups in total. The van der Waals surface area contributed by atoms with Crippen molar-refractivity contribution in [3.8, 4) is 6.07 Å². The predicted octanol–water partition coefficient (Wildman–Crippen LogP) is 3.50. The highest BCUT2D eigenvalue weighted by Crippen LogP contribution is 2.40. The highest BCUT2D eigenvalue weighted by atomic mass is 16.5. The summed E-state index contributed by atoms with van der Waals surface area (Å²) in [7, 11) is 0. The van der Waals surface area contributed by atoms with E-state index < -0.39 is 5.60 Å². The van der Waals surface area contributed by atoms with E-state index >= 15 is 0 Å². The second-order valence-corrected chi connectivity index (χ2v) is 4.92. The minimum absolute atomic E-state index is 0.0989. The lowest BCUT2D eigenvalue weighted by Crippen LogP contribution is -2.38. The predicted molar refractivity (Wildman–Crippen MR) is 63.8 cm³/mol. The fourth-order valence-electron chi connectivity index (χ4n) is 2.73. The van der Waals surface area contributed by atoms with Crippen LogP contribution in [0.15, 0.2) is 23.3 Å². The lowest BCUT2D eigenvalue weighted by molar-refractivity contribution is -0.0202. The molecular formula is C14H19NO. The van der Waals surface area contributed by atoms with Crippen molar-refractivity contribution in [1.82, 2.24) is 0 Å². The van der Waals surface area contributed by atoms with Gasteiger partial charge in [-0.15, -0.1) is 0 Å². The number of nitriles is 1. The van der Waals surface area contributed by atoms with Crippen LogP contribution in [0.1, 0.15) is 46.0 Å². The van der Waals surface area contributed by atoms with E-state index in [1.807, 2.05) is 13.8 Å². The Labute approximate surface area is 97.6 Å². The van der Waals surface area contributed by atoms with Crippen LogP contribution in [-0.2, 0) is 4.74 Å². The minimum Gasteiger partial charge on any atom is -0.353 e. The Balaban J connectivity index is 2.36. The SMILES string of the molecule is CC(C)OC1(C#N)CC=CC2=C1CCCC2. The van der Waals surface area contributed by atoms with E-state index in [1.54, 1.807) is 0 Å². The molecule has 0 aliphatic heterocycles. The van der Waals surface area contributed by atoms with Crippen molar-refractivity contribution in [3.05, 3.63) is 23.3 Å². The van der Waals surface area contributed by atoms with Crippen molar-refractivity contribution in [3.63, 3.8) is 0 Å². The van der Waals surface area contributed by atoms with Gasteiger partial charge in [-0.1, -0.05) is 12.2 Å². The fourth-order valence-corrected chi connectivity index (χ4v) is 2.73. The Morgan fingerprint density at radius 2 is 2.12 bits per heavy atom. The summed E-state index contributed by atoms with van der Waals surface area (Å²) < 4.78 is 5.93. The highest BCUT2D eigenvalue weighted by molar-refractivity contribution is 5.43. The second kappa shape index (κ2) is 4.43. The second-order valence-electron chi connectivity index (χ2n) is 4.92. The maximum Gasteiger partial charge on any atom is 0.179 e. The molecule has 0 spiro atoms. The molecule has 0 saturated carbocycles. The summed E-state index contributed by atoms with van der Waals surface area (Å²) in [6, 6.07) is 2.42. The van der Waals surface area contributed by atoms with Gasteiger partial charge in [0.25, 0.3) is 0 Å². The van der Waals surface area contributed by atoms with Crippen molar-refractivity contribution >= 4 is 0 Å². The van der Waals surface area contributed by atoms with Gasteiger partial charge in [-0.2, -0.15) is 5.26 Å². The summed E-state index contributed by atoms with van der Waals surface area (Å²) in [5.74, 6) is 0. The first-order chi connectivity index (χ1) is 7.68. The molecule has 1 unspecified atom stereocenters. The van der Waals surface area contributed by atoms with Crippen molar-refractivity contribution in [1.29, 1.82) is 5.26 Å². The van der Waals surface area contributed by atoms with Gasteiger partial charge in [0.1, 0.15) is 6.07 Å². The van der Waals surface area contributed by atoms with Gasteiger partial charge in [-0.3, -0.25) is 0 Å². The van der Waals surface area contributed by atoms with E-state index in [0.29, 0.717) is 6.42 Å². The smallest absolute Gasteiger partial charge is 0.179 e. The van der Waals surface area contributed by atoms with Crippen LogP contribution in [0.4, 0.5) is 0 Å². The number of rotatable bonds is 2. The molecule has 0 aromatic heterocycles. The standard InChI is InChI=1S/C14H19NO/c1-11(2)16-14(10-15)9-5-7-12-6-3-4-8-13(12)14/h5,7,11H,3-4,6,8-9H2,1-2H3. The molecule has 0 aromatic rings. The van der Waals surface area contributed by atoms with Gasteiger partial charge in [0, 0.05) is 6.42 Å². The van der Waals surface area contributed by atoms with Crippen molar-refractivity contribution < 1.29 is 4.74 Å². The van der Waals surface area contributed by atoms with Gasteiger partial charge in [0.05, 0.1) is 6.10 Å². The summed E-state index contributed by atoms with van der Waals surface area (Å²) in [5.41, 5.74) is 1.93. The van der Waals surface area contributed by atoms with Gasteiger partial charge in [0.2, 0.25) is 0 Å². The van der Waals surface area contributed by atoms with Crippen LogP contribution in [-0.4, -0.2) is 11.7 Å². The number of hydrogen-bond donors (Lipinski definition) is 0. The van der Waals surface area contributed by atoms with Crippen LogP contribution in [0.3, 0.4) is 0 Å².